The second kappa shape index (κ2) is 8.97. The number of rotatable bonds is 5. The van der Waals surface area contributed by atoms with Crippen molar-refractivity contribution in [1.29, 1.82) is 0 Å². The summed E-state index contributed by atoms with van der Waals surface area (Å²) in [7, 11) is 1.32. The summed E-state index contributed by atoms with van der Waals surface area (Å²) in [6, 6.07) is 16.7. The normalized spacial score (nSPS) is 11.5. The highest BCUT2D eigenvalue weighted by atomic mass is 79.9. The van der Waals surface area contributed by atoms with Crippen molar-refractivity contribution in [3.05, 3.63) is 96.2 Å². The summed E-state index contributed by atoms with van der Waals surface area (Å²) >= 11 is 9.37. The molecule has 0 fully saturated rings. The van der Waals surface area contributed by atoms with Gasteiger partial charge in [-0.15, -0.1) is 0 Å². The Bertz CT molecular complexity index is 1730. The molecule has 0 aliphatic heterocycles. The highest BCUT2D eigenvalue weighted by Crippen LogP contribution is 2.34. The van der Waals surface area contributed by atoms with Crippen molar-refractivity contribution in [3.63, 3.8) is 0 Å². The summed E-state index contributed by atoms with van der Waals surface area (Å²) in [5, 5.41) is 17.4. The summed E-state index contributed by atoms with van der Waals surface area (Å²) in [4.78, 5) is 28.9. The minimum Gasteiger partial charge on any atom is -0.490 e. The van der Waals surface area contributed by atoms with Crippen LogP contribution in [0.25, 0.3) is 33.5 Å². The lowest BCUT2D eigenvalue weighted by molar-refractivity contribution is -0.385. The topological polar surface area (TPSA) is 113 Å². The second-order valence-electron chi connectivity index (χ2n) is 7.41. The van der Waals surface area contributed by atoms with E-state index in [0.717, 1.165) is 10.1 Å². The number of para-hydroxylation sites is 1. The fraction of sp³-hybridized carbons (Fsp3) is 0.0417. The van der Waals surface area contributed by atoms with Gasteiger partial charge in [-0.2, -0.15) is 9.78 Å². The molecule has 0 saturated heterocycles. The highest BCUT2D eigenvalue weighted by Gasteiger charge is 2.20. The van der Waals surface area contributed by atoms with E-state index in [-0.39, 0.29) is 22.8 Å². The fourth-order valence-corrected chi connectivity index (χ4v) is 4.33. The summed E-state index contributed by atoms with van der Waals surface area (Å²) in [5.74, 6) is 0.457. The Morgan fingerprint density at radius 3 is 2.77 bits per heavy atom. The molecular formula is C24H14BrClN4O5. The average Bonchev–Trinajstić information content (AvgIpc) is 3.26. The Hall–Kier alpha value is -4.02. The van der Waals surface area contributed by atoms with E-state index in [9.17, 15) is 14.9 Å². The first-order valence-electron chi connectivity index (χ1n) is 10.1. The molecule has 0 amide bonds. The van der Waals surface area contributed by atoms with Crippen LogP contribution in [0.2, 0.25) is 5.02 Å². The molecule has 11 heteroatoms. The maximum Gasteiger partial charge on any atom is 0.312 e. The number of furan rings is 1. The molecule has 5 aromatic rings. The number of fused-ring (bicyclic) bond motifs is 2. The van der Waals surface area contributed by atoms with Gasteiger partial charge >= 0.3 is 5.69 Å². The molecule has 0 radical (unpaired) electrons. The maximum absolute atomic E-state index is 13.4. The average molecular weight is 554 g/mol. The van der Waals surface area contributed by atoms with Gasteiger partial charge in [-0.3, -0.25) is 14.9 Å². The summed E-state index contributed by atoms with van der Waals surface area (Å²) < 4.78 is 12.7. The van der Waals surface area contributed by atoms with Crippen molar-refractivity contribution in [1.82, 2.24) is 9.66 Å². The Kier molecular flexibility index (Phi) is 5.83. The van der Waals surface area contributed by atoms with E-state index in [1.165, 1.54) is 19.4 Å². The van der Waals surface area contributed by atoms with E-state index >= 15 is 0 Å². The summed E-state index contributed by atoms with van der Waals surface area (Å²) in [5.41, 5.74) is 0.626. The van der Waals surface area contributed by atoms with E-state index in [1.807, 2.05) is 0 Å². The Labute approximate surface area is 210 Å². The molecule has 3 aromatic carbocycles. The number of nitro groups is 1. The van der Waals surface area contributed by atoms with Gasteiger partial charge in [0.1, 0.15) is 5.58 Å². The zero-order chi connectivity index (χ0) is 24.7. The highest BCUT2D eigenvalue weighted by molar-refractivity contribution is 9.10. The molecule has 0 unspecified atom stereocenters. The van der Waals surface area contributed by atoms with Crippen molar-refractivity contribution in [2.24, 2.45) is 5.10 Å². The standard InChI is InChI=1S/C24H14BrClN4O5/c1-34-22-14(8-15(25)11-19(22)30(32)33)12-27-29-23(28-18-5-3-2-4-17(18)24(29)31)21-10-13-9-16(26)6-7-20(13)35-21/h2-12H,1H3. The van der Waals surface area contributed by atoms with Crippen LogP contribution in [0.3, 0.4) is 0 Å². The predicted octanol–water partition coefficient (Wildman–Crippen LogP) is 6.02. The van der Waals surface area contributed by atoms with Crippen molar-refractivity contribution in [2.45, 2.75) is 0 Å². The van der Waals surface area contributed by atoms with Crippen LogP contribution >= 0.6 is 27.5 Å². The van der Waals surface area contributed by atoms with Crippen LogP contribution in [0.4, 0.5) is 5.69 Å². The Balaban J connectivity index is 1.75. The quantitative estimate of drug-likeness (QED) is 0.149. The minimum atomic E-state index is -0.560. The first-order valence-corrected chi connectivity index (χ1v) is 11.3. The van der Waals surface area contributed by atoms with Gasteiger partial charge in [-0.1, -0.05) is 39.7 Å². The van der Waals surface area contributed by atoms with Crippen LogP contribution in [0.15, 0.2) is 79.4 Å². The Morgan fingerprint density at radius 1 is 1.20 bits per heavy atom. The van der Waals surface area contributed by atoms with Crippen molar-refractivity contribution in [2.75, 3.05) is 7.11 Å². The van der Waals surface area contributed by atoms with Crippen LogP contribution in [0, 0.1) is 10.1 Å². The smallest absolute Gasteiger partial charge is 0.312 e. The number of hydrogen-bond acceptors (Lipinski definition) is 7. The van der Waals surface area contributed by atoms with Gasteiger partial charge in [0.2, 0.25) is 11.6 Å². The van der Waals surface area contributed by atoms with Gasteiger partial charge in [-0.25, -0.2) is 4.98 Å². The molecule has 0 aliphatic carbocycles. The molecule has 0 aliphatic rings. The van der Waals surface area contributed by atoms with Crippen LogP contribution in [-0.2, 0) is 0 Å². The van der Waals surface area contributed by atoms with Crippen molar-refractivity contribution >= 4 is 61.3 Å². The number of ether oxygens (including phenoxy) is 1. The third kappa shape index (κ3) is 4.17. The molecule has 35 heavy (non-hydrogen) atoms. The monoisotopic (exact) mass is 552 g/mol. The van der Waals surface area contributed by atoms with Gasteiger partial charge in [0, 0.05) is 26.5 Å². The molecule has 0 spiro atoms. The first kappa shape index (κ1) is 22.8. The van der Waals surface area contributed by atoms with Crippen LogP contribution in [0.5, 0.6) is 5.75 Å². The molecule has 0 atom stereocenters. The molecule has 2 aromatic heterocycles. The molecule has 0 N–H and O–H groups in total. The van der Waals surface area contributed by atoms with Crippen LogP contribution in [-0.4, -0.2) is 27.9 Å². The van der Waals surface area contributed by atoms with Gasteiger partial charge in [0.05, 0.1) is 29.2 Å². The van der Waals surface area contributed by atoms with Crippen molar-refractivity contribution in [3.8, 4) is 17.3 Å². The van der Waals surface area contributed by atoms with Crippen molar-refractivity contribution < 1.29 is 14.1 Å². The predicted molar refractivity (Wildman–Crippen MR) is 137 cm³/mol. The fourth-order valence-electron chi connectivity index (χ4n) is 3.69. The largest absolute Gasteiger partial charge is 0.490 e. The lowest BCUT2D eigenvalue weighted by atomic mass is 10.2. The second-order valence-corrected chi connectivity index (χ2v) is 8.76. The van der Waals surface area contributed by atoms with Gasteiger partial charge in [0.15, 0.2) is 5.76 Å². The minimum absolute atomic E-state index is 0.00340. The summed E-state index contributed by atoms with van der Waals surface area (Å²) in [6.07, 6.45) is 1.30. The first-order chi connectivity index (χ1) is 16.9. The molecule has 0 bridgehead atoms. The number of hydrogen-bond donors (Lipinski definition) is 0. The van der Waals surface area contributed by atoms with E-state index in [1.54, 1.807) is 54.6 Å². The SMILES string of the molecule is COc1c(C=Nn2c(-c3cc4cc(Cl)ccc4o3)nc3ccccc3c2=O)cc(Br)cc1[N+](=O)[O-]. The lowest BCUT2D eigenvalue weighted by Crippen LogP contribution is -2.20. The number of halogens is 2. The number of nitrogens with zero attached hydrogens (tertiary/aromatic N) is 4. The van der Waals surface area contributed by atoms with E-state index in [4.69, 9.17) is 20.8 Å². The zero-order valence-electron chi connectivity index (χ0n) is 17.9. The number of benzene rings is 3. The van der Waals surface area contributed by atoms with Gasteiger partial charge in [0.25, 0.3) is 5.56 Å². The maximum atomic E-state index is 13.4. The third-order valence-electron chi connectivity index (χ3n) is 5.23. The summed E-state index contributed by atoms with van der Waals surface area (Å²) in [6.45, 7) is 0. The lowest BCUT2D eigenvalue weighted by Gasteiger charge is -2.09. The Morgan fingerprint density at radius 2 is 2.00 bits per heavy atom. The number of nitro benzene ring substituents is 1. The molecule has 9 nitrogen and oxygen atoms in total. The van der Waals surface area contributed by atoms with Gasteiger partial charge < -0.3 is 9.15 Å². The number of aromatic nitrogens is 2. The molecule has 0 saturated carbocycles. The van der Waals surface area contributed by atoms with Crippen LogP contribution < -0.4 is 10.3 Å². The molecule has 2 heterocycles. The molecule has 5 rings (SSSR count). The van der Waals surface area contributed by atoms with E-state index in [0.29, 0.717) is 31.7 Å². The molecule has 174 valence electrons. The van der Waals surface area contributed by atoms with Crippen LogP contribution in [0.1, 0.15) is 5.56 Å². The van der Waals surface area contributed by atoms with E-state index < -0.39 is 10.5 Å². The zero-order valence-corrected chi connectivity index (χ0v) is 20.3. The van der Waals surface area contributed by atoms with E-state index in [2.05, 4.69) is 26.0 Å². The number of methoxy groups -OCH3 is 1. The molecular weight excluding hydrogens is 540 g/mol. The van der Waals surface area contributed by atoms with Gasteiger partial charge in [-0.05, 0) is 42.5 Å². The third-order valence-corrected chi connectivity index (χ3v) is 5.92.